The first-order chi connectivity index (χ1) is 9.60. The van der Waals surface area contributed by atoms with E-state index in [-0.39, 0.29) is 5.91 Å². The molecule has 0 fully saturated rings. The van der Waals surface area contributed by atoms with Gasteiger partial charge >= 0.3 is 0 Å². The monoisotopic (exact) mass is 287 g/mol. The van der Waals surface area contributed by atoms with Gasteiger partial charge in [0.05, 0.1) is 12.8 Å². The van der Waals surface area contributed by atoms with Crippen LogP contribution in [0.25, 0.3) is 0 Å². The lowest BCUT2D eigenvalue weighted by Gasteiger charge is -2.25. The highest BCUT2D eigenvalue weighted by Gasteiger charge is 2.50. The second-order valence-corrected chi connectivity index (χ2v) is 5.31. The fraction of sp³-hybridized carbons (Fsp3) is 0.188. The van der Waals surface area contributed by atoms with Crippen LogP contribution in [0.3, 0.4) is 0 Å². The number of halogens is 1. The summed E-state index contributed by atoms with van der Waals surface area (Å²) >= 11 is 6.31. The number of rotatable bonds is 2. The number of para-hydroxylation sites is 1. The molecule has 0 spiro atoms. The van der Waals surface area contributed by atoms with Gasteiger partial charge in [0.25, 0.3) is 5.91 Å². The van der Waals surface area contributed by atoms with Crippen molar-refractivity contribution in [2.24, 2.45) is 0 Å². The van der Waals surface area contributed by atoms with Crippen LogP contribution in [0.1, 0.15) is 18.1 Å². The van der Waals surface area contributed by atoms with Crippen LogP contribution in [0.2, 0.25) is 5.02 Å². The van der Waals surface area contributed by atoms with Crippen molar-refractivity contribution < 1.29 is 9.63 Å². The van der Waals surface area contributed by atoms with Crippen molar-refractivity contribution in [3.8, 4) is 0 Å². The topological polar surface area (TPSA) is 29.5 Å². The highest BCUT2D eigenvalue weighted by atomic mass is 35.5. The second-order valence-electron chi connectivity index (χ2n) is 4.90. The molecule has 4 heteroatoms. The molecule has 102 valence electrons. The Morgan fingerprint density at radius 1 is 1.05 bits per heavy atom. The Hall–Kier alpha value is -1.84. The minimum Gasteiger partial charge on any atom is -0.271 e. The Morgan fingerprint density at radius 3 is 2.30 bits per heavy atom. The predicted octanol–water partition coefficient (Wildman–Crippen LogP) is 3.55. The second kappa shape index (κ2) is 4.62. The number of amides is 1. The van der Waals surface area contributed by atoms with E-state index in [0.29, 0.717) is 5.02 Å². The van der Waals surface area contributed by atoms with Gasteiger partial charge in [-0.2, -0.15) is 5.06 Å². The van der Waals surface area contributed by atoms with Gasteiger partial charge in [-0.3, -0.25) is 9.63 Å². The van der Waals surface area contributed by atoms with Gasteiger partial charge in [-0.05, 0) is 30.2 Å². The van der Waals surface area contributed by atoms with Crippen LogP contribution >= 0.6 is 11.6 Å². The maximum absolute atomic E-state index is 12.8. The molecular formula is C16H14ClNO2. The van der Waals surface area contributed by atoms with E-state index >= 15 is 0 Å². The van der Waals surface area contributed by atoms with E-state index in [1.165, 1.54) is 12.2 Å². The minimum atomic E-state index is -0.828. The number of hydroxylamine groups is 1. The molecule has 1 unspecified atom stereocenters. The number of carbonyl (C=O) groups is 1. The van der Waals surface area contributed by atoms with E-state index in [0.717, 1.165) is 16.8 Å². The summed E-state index contributed by atoms with van der Waals surface area (Å²) < 4.78 is 0. The average molecular weight is 288 g/mol. The smallest absolute Gasteiger partial charge is 0.265 e. The van der Waals surface area contributed by atoms with Crippen LogP contribution in [0.4, 0.5) is 5.69 Å². The van der Waals surface area contributed by atoms with Gasteiger partial charge in [0, 0.05) is 5.02 Å². The molecule has 0 aromatic heterocycles. The molecule has 1 heterocycles. The lowest BCUT2D eigenvalue weighted by Crippen LogP contribution is -2.38. The van der Waals surface area contributed by atoms with Crippen molar-refractivity contribution in [1.29, 1.82) is 0 Å². The van der Waals surface area contributed by atoms with Crippen LogP contribution in [0.5, 0.6) is 0 Å². The van der Waals surface area contributed by atoms with E-state index < -0.39 is 5.41 Å². The van der Waals surface area contributed by atoms with E-state index in [9.17, 15) is 4.79 Å². The maximum Gasteiger partial charge on any atom is 0.265 e. The van der Waals surface area contributed by atoms with Gasteiger partial charge in [-0.15, -0.1) is 0 Å². The third-order valence-electron chi connectivity index (χ3n) is 3.87. The lowest BCUT2D eigenvalue weighted by molar-refractivity contribution is -0.127. The summed E-state index contributed by atoms with van der Waals surface area (Å²) in [4.78, 5) is 18.1. The van der Waals surface area contributed by atoms with Crippen molar-refractivity contribution in [3.63, 3.8) is 0 Å². The first kappa shape index (κ1) is 13.2. The van der Waals surface area contributed by atoms with Crippen LogP contribution in [-0.4, -0.2) is 13.0 Å². The Bertz CT molecular complexity index is 686. The van der Waals surface area contributed by atoms with Gasteiger partial charge in [-0.1, -0.05) is 48.0 Å². The molecule has 1 atom stereocenters. The predicted molar refractivity (Wildman–Crippen MR) is 78.8 cm³/mol. The van der Waals surface area contributed by atoms with Crippen LogP contribution in [0.15, 0.2) is 48.5 Å². The molecule has 2 aromatic carbocycles. The first-order valence-corrected chi connectivity index (χ1v) is 6.71. The molecule has 0 saturated heterocycles. The van der Waals surface area contributed by atoms with Crippen LogP contribution in [-0.2, 0) is 15.0 Å². The van der Waals surface area contributed by atoms with E-state index in [1.54, 1.807) is 6.07 Å². The number of hydrogen-bond acceptors (Lipinski definition) is 2. The minimum absolute atomic E-state index is 0.130. The highest BCUT2D eigenvalue weighted by Crippen LogP contribution is 2.47. The summed E-state index contributed by atoms with van der Waals surface area (Å²) in [6, 6.07) is 15.0. The van der Waals surface area contributed by atoms with Gasteiger partial charge in [0.1, 0.15) is 5.41 Å². The van der Waals surface area contributed by atoms with Gasteiger partial charge in [-0.25, -0.2) is 0 Å². The fourth-order valence-electron chi connectivity index (χ4n) is 2.81. The Balaban J connectivity index is 2.29. The van der Waals surface area contributed by atoms with Crippen LogP contribution < -0.4 is 5.06 Å². The van der Waals surface area contributed by atoms with Gasteiger partial charge in [0.15, 0.2) is 0 Å². The molecule has 0 radical (unpaired) electrons. The maximum atomic E-state index is 12.8. The number of anilines is 1. The van der Waals surface area contributed by atoms with E-state index in [4.69, 9.17) is 16.4 Å². The zero-order valence-electron chi connectivity index (χ0n) is 11.3. The Labute approximate surface area is 122 Å². The summed E-state index contributed by atoms with van der Waals surface area (Å²) in [7, 11) is 1.49. The molecule has 1 aliphatic heterocycles. The molecule has 2 aromatic rings. The summed E-state index contributed by atoms with van der Waals surface area (Å²) in [5, 5.41) is 1.91. The summed E-state index contributed by atoms with van der Waals surface area (Å²) in [5.41, 5.74) is 1.63. The number of carbonyl (C=O) groups excluding carboxylic acids is 1. The number of fused-ring (bicyclic) bond motifs is 1. The zero-order chi connectivity index (χ0) is 14.3. The van der Waals surface area contributed by atoms with Crippen molar-refractivity contribution in [1.82, 2.24) is 0 Å². The average Bonchev–Trinajstić information content (AvgIpc) is 2.69. The normalized spacial score (nSPS) is 21.1. The highest BCUT2D eigenvalue weighted by molar-refractivity contribution is 6.32. The molecule has 1 amide bonds. The quantitative estimate of drug-likeness (QED) is 0.845. The lowest BCUT2D eigenvalue weighted by atomic mass is 9.77. The number of hydrogen-bond donors (Lipinski definition) is 0. The van der Waals surface area contributed by atoms with E-state index in [2.05, 4.69) is 0 Å². The molecule has 20 heavy (non-hydrogen) atoms. The molecule has 0 N–H and O–H groups in total. The summed E-state index contributed by atoms with van der Waals surface area (Å²) in [6.45, 7) is 1.88. The molecule has 1 aliphatic rings. The SMILES string of the molecule is CON1C(=O)C(C)(c2ccccc2Cl)c2ccccc21. The summed E-state index contributed by atoms with van der Waals surface area (Å²) in [5.74, 6) is -0.130. The van der Waals surface area contributed by atoms with Crippen molar-refractivity contribution in [3.05, 3.63) is 64.7 Å². The van der Waals surface area contributed by atoms with Crippen molar-refractivity contribution in [2.75, 3.05) is 12.2 Å². The summed E-state index contributed by atoms with van der Waals surface area (Å²) in [6.07, 6.45) is 0. The van der Waals surface area contributed by atoms with Crippen LogP contribution in [0, 0.1) is 0 Å². The standard InChI is InChI=1S/C16H14ClNO2/c1-16(11-7-3-5-9-13(11)17)12-8-4-6-10-14(12)18(20-2)15(16)19/h3-10H,1-2H3. The molecule has 0 bridgehead atoms. The van der Waals surface area contributed by atoms with Gasteiger partial charge < -0.3 is 0 Å². The third kappa shape index (κ3) is 1.60. The first-order valence-electron chi connectivity index (χ1n) is 6.34. The van der Waals surface area contributed by atoms with Crippen molar-refractivity contribution >= 4 is 23.2 Å². The molecule has 0 saturated carbocycles. The molecule has 3 rings (SSSR count). The molecule has 0 aliphatic carbocycles. The fourth-order valence-corrected chi connectivity index (χ4v) is 3.13. The van der Waals surface area contributed by atoms with Crippen molar-refractivity contribution in [2.45, 2.75) is 12.3 Å². The largest absolute Gasteiger partial charge is 0.271 e. The zero-order valence-corrected chi connectivity index (χ0v) is 12.0. The Morgan fingerprint density at radius 2 is 1.65 bits per heavy atom. The number of benzene rings is 2. The number of nitrogens with zero attached hydrogens (tertiary/aromatic N) is 1. The Kier molecular flexibility index (Phi) is 3.04. The molecular weight excluding hydrogens is 274 g/mol. The third-order valence-corrected chi connectivity index (χ3v) is 4.20. The van der Waals surface area contributed by atoms with Gasteiger partial charge in [0.2, 0.25) is 0 Å². The van der Waals surface area contributed by atoms with E-state index in [1.807, 2.05) is 49.4 Å². The molecule has 3 nitrogen and oxygen atoms in total.